The first kappa shape index (κ1) is 19.4. The molecule has 0 aliphatic heterocycles. The van der Waals surface area contributed by atoms with Gasteiger partial charge in [-0.2, -0.15) is 4.52 Å². The number of rotatable bonds is 7. The molecule has 148 valence electrons. The Balaban J connectivity index is 1.85. The molecule has 29 heavy (non-hydrogen) atoms. The molecule has 6 nitrogen and oxygen atoms in total. The minimum absolute atomic E-state index is 0.329. The summed E-state index contributed by atoms with van der Waals surface area (Å²) in [6, 6.07) is 19.7. The Morgan fingerprint density at radius 1 is 1.00 bits per heavy atom. The number of hydrogen-bond acceptors (Lipinski definition) is 5. The standard InChI is InChI=1S/C22H22N4O2S/c1-3-4-14-29(27)22-24-21-23-19(16-10-12-18(28-2)13-11-16)15-20(26(21)25-22)17-8-6-5-7-9-17/h5-13,15H,3-4,14H2,1-2H3. The van der Waals surface area contributed by atoms with Crippen LogP contribution in [0.2, 0.25) is 0 Å². The van der Waals surface area contributed by atoms with Crippen LogP contribution in [-0.4, -0.2) is 37.0 Å². The highest BCUT2D eigenvalue weighted by molar-refractivity contribution is 7.91. The number of nitrogens with zero attached hydrogens (tertiary/aromatic N) is 4. The number of fused-ring (bicyclic) bond motifs is 1. The van der Waals surface area contributed by atoms with Crippen molar-refractivity contribution < 1.29 is 9.29 Å². The Morgan fingerprint density at radius 3 is 2.45 bits per heavy atom. The fourth-order valence-corrected chi connectivity index (χ4v) is 4.13. The Hall–Kier alpha value is -2.90. The van der Waals surface area contributed by atoms with Crippen molar-refractivity contribution in [3.63, 3.8) is 0 Å². The van der Waals surface area contributed by atoms with E-state index in [1.807, 2.05) is 60.7 Å². The van der Waals surface area contributed by atoms with E-state index in [0.717, 1.165) is 41.1 Å². The molecule has 0 bridgehead atoms. The Morgan fingerprint density at radius 2 is 1.76 bits per heavy atom. The van der Waals surface area contributed by atoms with E-state index in [1.165, 1.54) is 0 Å². The molecule has 0 radical (unpaired) electrons. The maximum absolute atomic E-state index is 12.6. The second-order valence-corrected chi connectivity index (χ2v) is 8.09. The van der Waals surface area contributed by atoms with Crippen molar-refractivity contribution in [1.29, 1.82) is 0 Å². The number of benzene rings is 2. The van der Waals surface area contributed by atoms with Gasteiger partial charge in [0.25, 0.3) is 5.78 Å². The van der Waals surface area contributed by atoms with Gasteiger partial charge in [0.15, 0.2) is 0 Å². The minimum Gasteiger partial charge on any atom is -0.609 e. The normalized spacial score (nSPS) is 12.2. The van der Waals surface area contributed by atoms with E-state index in [4.69, 9.17) is 4.74 Å². The molecular formula is C22H22N4O2S. The van der Waals surface area contributed by atoms with Gasteiger partial charge in [-0.15, -0.1) is 4.98 Å². The molecule has 1 unspecified atom stereocenters. The molecule has 0 saturated heterocycles. The summed E-state index contributed by atoms with van der Waals surface area (Å²) in [6.45, 7) is 2.07. The number of methoxy groups -OCH3 is 1. The molecule has 4 rings (SSSR count). The van der Waals surface area contributed by atoms with Crippen LogP contribution in [0.4, 0.5) is 0 Å². The van der Waals surface area contributed by atoms with E-state index in [0.29, 0.717) is 16.7 Å². The van der Waals surface area contributed by atoms with Crippen LogP contribution in [0.1, 0.15) is 19.8 Å². The van der Waals surface area contributed by atoms with Crippen LogP contribution in [0.3, 0.4) is 0 Å². The molecule has 0 aliphatic carbocycles. The number of aromatic nitrogens is 4. The maximum Gasteiger partial charge on any atom is 0.363 e. The van der Waals surface area contributed by atoms with Crippen LogP contribution in [0, 0.1) is 0 Å². The second-order valence-electron chi connectivity index (χ2n) is 6.63. The zero-order chi connectivity index (χ0) is 20.2. The zero-order valence-corrected chi connectivity index (χ0v) is 17.2. The summed E-state index contributed by atoms with van der Waals surface area (Å²) in [5.74, 6) is 1.78. The molecule has 2 aromatic carbocycles. The largest absolute Gasteiger partial charge is 0.609 e. The van der Waals surface area contributed by atoms with Crippen molar-refractivity contribution in [2.75, 3.05) is 12.9 Å². The highest BCUT2D eigenvalue weighted by Crippen LogP contribution is 2.27. The first-order valence-electron chi connectivity index (χ1n) is 9.55. The minimum atomic E-state index is -1.24. The highest BCUT2D eigenvalue weighted by Gasteiger charge is 2.21. The van der Waals surface area contributed by atoms with E-state index < -0.39 is 11.2 Å². The Labute approximate surface area is 172 Å². The van der Waals surface area contributed by atoms with E-state index in [9.17, 15) is 4.55 Å². The van der Waals surface area contributed by atoms with Crippen molar-refractivity contribution >= 4 is 17.0 Å². The predicted octanol–water partition coefficient (Wildman–Crippen LogP) is 4.37. The van der Waals surface area contributed by atoms with E-state index in [-0.39, 0.29) is 0 Å². The SMILES string of the molecule is CCCC[S+]([O-])c1nc2nc(-c3ccc(OC)cc3)cc(-c3ccccc3)n2n1. The van der Waals surface area contributed by atoms with Crippen molar-refractivity contribution in [2.45, 2.75) is 24.9 Å². The van der Waals surface area contributed by atoms with Gasteiger partial charge in [-0.1, -0.05) is 48.8 Å². The van der Waals surface area contributed by atoms with Gasteiger partial charge < -0.3 is 9.29 Å². The topological polar surface area (TPSA) is 75.4 Å². The molecule has 0 aliphatic rings. The molecule has 2 aromatic heterocycles. The number of hydrogen-bond donors (Lipinski definition) is 0. The summed E-state index contributed by atoms with van der Waals surface area (Å²) in [4.78, 5) is 9.17. The third-order valence-corrected chi connectivity index (χ3v) is 5.87. The van der Waals surface area contributed by atoms with Crippen LogP contribution in [0.25, 0.3) is 28.3 Å². The highest BCUT2D eigenvalue weighted by atomic mass is 32.2. The van der Waals surface area contributed by atoms with E-state index >= 15 is 0 Å². The van der Waals surface area contributed by atoms with Crippen LogP contribution in [-0.2, 0) is 11.2 Å². The van der Waals surface area contributed by atoms with Crippen LogP contribution < -0.4 is 4.74 Å². The average Bonchev–Trinajstić information content (AvgIpc) is 3.22. The molecule has 2 heterocycles. The lowest BCUT2D eigenvalue weighted by Crippen LogP contribution is -2.09. The molecule has 0 saturated carbocycles. The molecule has 1 atom stereocenters. The number of unbranched alkanes of at least 4 members (excludes halogenated alkanes) is 1. The first-order valence-corrected chi connectivity index (χ1v) is 10.9. The smallest absolute Gasteiger partial charge is 0.363 e. The van der Waals surface area contributed by atoms with Gasteiger partial charge in [-0.05, 0) is 36.8 Å². The molecule has 0 amide bonds. The fraction of sp³-hybridized carbons (Fsp3) is 0.227. The molecule has 7 heteroatoms. The fourth-order valence-electron chi connectivity index (χ4n) is 3.04. The summed E-state index contributed by atoms with van der Waals surface area (Å²) in [6.07, 6.45) is 1.85. The monoisotopic (exact) mass is 406 g/mol. The maximum atomic E-state index is 12.6. The van der Waals surface area contributed by atoms with Crippen molar-refractivity contribution in [3.05, 3.63) is 60.7 Å². The van der Waals surface area contributed by atoms with Crippen molar-refractivity contribution in [1.82, 2.24) is 19.6 Å². The van der Waals surface area contributed by atoms with Gasteiger partial charge >= 0.3 is 5.16 Å². The average molecular weight is 407 g/mol. The first-order chi connectivity index (χ1) is 14.2. The molecule has 4 aromatic rings. The number of ether oxygens (including phenoxy) is 1. The molecule has 0 N–H and O–H groups in total. The van der Waals surface area contributed by atoms with E-state index in [2.05, 4.69) is 22.0 Å². The second kappa shape index (κ2) is 8.63. The lowest BCUT2D eigenvalue weighted by molar-refractivity contribution is 0.415. The lowest BCUT2D eigenvalue weighted by atomic mass is 10.1. The van der Waals surface area contributed by atoms with Gasteiger partial charge in [0, 0.05) is 22.3 Å². The third kappa shape index (κ3) is 4.11. The predicted molar refractivity (Wildman–Crippen MR) is 114 cm³/mol. The third-order valence-electron chi connectivity index (χ3n) is 4.63. The Bertz CT molecular complexity index is 1100. The summed E-state index contributed by atoms with van der Waals surface area (Å²) in [7, 11) is 1.64. The zero-order valence-electron chi connectivity index (χ0n) is 16.4. The summed E-state index contributed by atoms with van der Waals surface area (Å²) < 4.78 is 19.5. The van der Waals surface area contributed by atoms with Gasteiger partial charge in [0.05, 0.1) is 18.5 Å². The van der Waals surface area contributed by atoms with Gasteiger partial charge in [-0.3, -0.25) is 0 Å². The van der Waals surface area contributed by atoms with Crippen molar-refractivity contribution in [3.8, 4) is 28.3 Å². The van der Waals surface area contributed by atoms with Gasteiger partial charge in [0.1, 0.15) is 11.5 Å². The Kier molecular flexibility index (Phi) is 5.78. The van der Waals surface area contributed by atoms with Gasteiger partial charge in [0.2, 0.25) is 0 Å². The quantitative estimate of drug-likeness (QED) is 0.426. The van der Waals surface area contributed by atoms with Gasteiger partial charge in [-0.25, -0.2) is 4.98 Å². The van der Waals surface area contributed by atoms with Crippen LogP contribution >= 0.6 is 0 Å². The molecule has 0 fully saturated rings. The summed E-state index contributed by atoms with van der Waals surface area (Å²) in [5.41, 5.74) is 3.57. The lowest BCUT2D eigenvalue weighted by Gasteiger charge is -2.08. The van der Waals surface area contributed by atoms with Crippen molar-refractivity contribution in [2.24, 2.45) is 0 Å². The van der Waals surface area contributed by atoms with Crippen LogP contribution in [0.15, 0.2) is 65.8 Å². The molecule has 0 spiro atoms. The summed E-state index contributed by atoms with van der Waals surface area (Å²) in [5, 5.41) is 4.86. The van der Waals surface area contributed by atoms with Crippen LogP contribution in [0.5, 0.6) is 5.75 Å². The molecular weight excluding hydrogens is 384 g/mol. The van der Waals surface area contributed by atoms with E-state index in [1.54, 1.807) is 11.6 Å². The summed E-state index contributed by atoms with van der Waals surface area (Å²) >= 11 is -1.24.